The number of unbranched alkanes of at least 4 members (excludes halogenated alkanes) is 3. The number of phenols is 1. The summed E-state index contributed by atoms with van der Waals surface area (Å²) in [5.41, 5.74) is 1.10. The second kappa shape index (κ2) is 9.18. The van der Waals surface area contributed by atoms with Gasteiger partial charge in [0.15, 0.2) is 0 Å². The fourth-order valence-electron chi connectivity index (χ4n) is 2.03. The Hall–Kier alpha value is -1.77. The molecular formula is C17H25NO2. The third-order valence-corrected chi connectivity index (χ3v) is 3.11. The van der Waals surface area contributed by atoms with Crippen molar-refractivity contribution in [1.29, 1.82) is 0 Å². The highest BCUT2D eigenvalue weighted by Gasteiger charge is 2.05. The summed E-state index contributed by atoms with van der Waals surface area (Å²) in [5, 5.41) is 12.2. The third-order valence-electron chi connectivity index (χ3n) is 3.11. The van der Waals surface area contributed by atoms with Crippen LogP contribution < -0.4 is 5.32 Å². The summed E-state index contributed by atoms with van der Waals surface area (Å²) < 4.78 is 0. The van der Waals surface area contributed by atoms with E-state index in [2.05, 4.69) is 12.2 Å². The summed E-state index contributed by atoms with van der Waals surface area (Å²) in [6.07, 6.45) is 8.85. The van der Waals surface area contributed by atoms with Crippen LogP contribution in [-0.4, -0.2) is 17.1 Å². The summed E-state index contributed by atoms with van der Waals surface area (Å²) in [4.78, 5) is 11.7. The first kappa shape index (κ1) is 16.3. The maximum atomic E-state index is 11.7. The highest BCUT2D eigenvalue weighted by molar-refractivity contribution is 5.87. The van der Waals surface area contributed by atoms with E-state index in [1.165, 1.54) is 12.8 Å². The topological polar surface area (TPSA) is 49.3 Å². The van der Waals surface area contributed by atoms with Crippen molar-refractivity contribution >= 4 is 5.91 Å². The molecule has 20 heavy (non-hydrogen) atoms. The zero-order valence-electron chi connectivity index (χ0n) is 12.4. The van der Waals surface area contributed by atoms with E-state index in [0.717, 1.165) is 24.8 Å². The Morgan fingerprint density at radius 3 is 2.65 bits per heavy atom. The van der Waals surface area contributed by atoms with E-state index in [-0.39, 0.29) is 17.7 Å². The molecule has 0 aliphatic carbocycles. The Labute approximate surface area is 121 Å². The molecule has 2 N–H and O–H groups in total. The van der Waals surface area contributed by atoms with Crippen LogP contribution in [0.1, 0.15) is 45.1 Å². The minimum atomic E-state index is -0.0345. The van der Waals surface area contributed by atoms with Gasteiger partial charge in [-0.1, -0.05) is 38.0 Å². The highest BCUT2D eigenvalue weighted by Crippen LogP contribution is 2.11. The zero-order valence-corrected chi connectivity index (χ0v) is 12.4. The minimum Gasteiger partial charge on any atom is -0.508 e. The standard InChI is InChI=1S/C17H25NO2/c1-3-4-5-6-7-8-17(20)18-14(2)13-15-9-11-16(19)12-10-15/h7-12,14,19H,3-6,13H2,1-2H3,(H,18,20)/b8-7+. The molecule has 0 heterocycles. The number of aromatic hydroxyl groups is 1. The van der Waals surface area contributed by atoms with Gasteiger partial charge in [0.2, 0.25) is 5.91 Å². The van der Waals surface area contributed by atoms with E-state index in [9.17, 15) is 9.90 Å². The number of amides is 1. The SMILES string of the molecule is CCCCC/C=C/C(=O)NC(C)Cc1ccc(O)cc1. The number of carbonyl (C=O) groups excluding carboxylic acids is 1. The van der Waals surface area contributed by atoms with Crippen LogP contribution in [0.15, 0.2) is 36.4 Å². The summed E-state index contributed by atoms with van der Waals surface area (Å²) in [6.45, 7) is 4.15. The van der Waals surface area contributed by atoms with Gasteiger partial charge in [-0.25, -0.2) is 0 Å². The lowest BCUT2D eigenvalue weighted by molar-refractivity contribution is -0.117. The maximum Gasteiger partial charge on any atom is 0.243 e. The molecule has 1 rings (SSSR count). The van der Waals surface area contributed by atoms with Crippen LogP contribution in [-0.2, 0) is 11.2 Å². The quantitative estimate of drug-likeness (QED) is 0.563. The van der Waals surface area contributed by atoms with Gasteiger partial charge >= 0.3 is 0 Å². The van der Waals surface area contributed by atoms with Crippen molar-refractivity contribution in [2.75, 3.05) is 0 Å². The van der Waals surface area contributed by atoms with E-state index in [4.69, 9.17) is 0 Å². The molecule has 0 fully saturated rings. The van der Waals surface area contributed by atoms with Gasteiger partial charge < -0.3 is 10.4 Å². The molecule has 0 aliphatic rings. The van der Waals surface area contributed by atoms with Gasteiger partial charge in [0.05, 0.1) is 0 Å². The Morgan fingerprint density at radius 1 is 1.30 bits per heavy atom. The third kappa shape index (κ3) is 6.98. The number of nitrogens with one attached hydrogen (secondary N) is 1. The summed E-state index contributed by atoms with van der Waals surface area (Å²) in [7, 11) is 0. The number of rotatable bonds is 8. The first-order valence-electron chi connectivity index (χ1n) is 7.36. The van der Waals surface area contributed by atoms with Crippen molar-refractivity contribution in [2.45, 2.75) is 52.0 Å². The molecule has 0 radical (unpaired) electrons. The Morgan fingerprint density at radius 2 is 2.00 bits per heavy atom. The molecule has 0 aromatic heterocycles. The van der Waals surface area contributed by atoms with Crippen LogP contribution in [0.3, 0.4) is 0 Å². The molecule has 110 valence electrons. The van der Waals surface area contributed by atoms with E-state index in [1.807, 2.05) is 25.1 Å². The van der Waals surface area contributed by atoms with Crippen LogP contribution in [0.5, 0.6) is 5.75 Å². The molecule has 1 aromatic carbocycles. The molecule has 1 amide bonds. The molecule has 0 aliphatic heterocycles. The number of carbonyl (C=O) groups is 1. The second-order valence-electron chi connectivity index (χ2n) is 5.18. The van der Waals surface area contributed by atoms with Crippen LogP contribution in [0.4, 0.5) is 0 Å². The first-order valence-corrected chi connectivity index (χ1v) is 7.36. The average molecular weight is 275 g/mol. The molecule has 3 heteroatoms. The predicted octanol–water partition coefficient (Wildman–Crippen LogP) is 3.58. The second-order valence-corrected chi connectivity index (χ2v) is 5.18. The number of phenolic OH excluding ortho intramolecular Hbond substituents is 1. The van der Waals surface area contributed by atoms with Crippen molar-refractivity contribution in [3.8, 4) is 5.75 Å². The van der Waals surface area contributed by atoms with Crippen molar-refractivity contribution in [3.05, 3.63) is 42.0 Å². The van der Waals surface area contributed by atoms with Gasteiger partial charge in [-0.3, -0.25) is 4.79 Å². The van der Waals surface area contributed by atoms with Crippen LogP contribution in [0.25, 0.3) is 0 Å². The highest BCUT2D eigenvalue weighted by atomic mass is 16.3. The zero-order chi connectivity index (χ0) is 14.8. The summed E-state index contributed by atoms with van der Waals surface area (Å²) >= 11 is 0. The lowest BCUT2D eigenvalue weighted by Crippen LogP contribution is -2.32. The van der Waals surface area contributed by atoms with Crippen LogP contribution in [0, 0.1) is 0 Å². The smallest absolute Gasteiger partial charge is 0.243 e. The minimum absolute atomic E-state index is 0.0345. The van der Waals surface area contributed by atoms with Crippen molar-refractivity contribution in [1.82, 2.24) is 5.32 Å². The molecular weight excluding hydrogens is 250 g/mol. The summed E-state index contributed by atoms with van der Waals surface area (Å²) in [6, 6.07) is 7.15. The Kier molecular flexibility index (Phi) is 7.48. The van der Waals surface area contributed by atoms with Gasteiger partial charge in [-0.05, 0) is 50.0 Å². The number of benzene rings is 1. The largest absolute Gasteiger partial charge is 0.508 e. The van der Waals surface area contributed by atoms with Crippen molar-refractivity contribution in [3.63, 3.8) is 0 Å². The van der Waals surface area contributed by atoms with E-state index >= 15 is 0 Å². The van der Waals surface area contributed by atoms with Crippen molar-refractivity contribution in [2.24, 2.45) is 0 Å². The maximum absolute atomic E-state index is 11.7. The summed E-state index contributed by atoms with van der Waals surface area (Å²) in [5.74, 6) is 0.230. The monoisotopic (exact) mass is 275 g/mol. The number of allylic oxidation sites excluding steroid dienone is 1. The van der Waals surface area contributed by atoms with E-state index in [0.29, 0.717) is 0 Å². The van der Waals surface area contributed by atoms with Crippen LogP contribution in [0.2, 0.25) is 0 Å². The lowest BCUT2D eigenvalue weighted by atomic mass is 10.1. The van der Waals surface area contributed by atoms with Gasteiger partial charge in [-0.2, -0.15) is 0 Å². The van der Waals surface area contributed by atoms with Crippen LogP contribution >= 0.6 is 0 Å². The van der Waals surface area contributed by atoms with Gasteiger partial charge in [0, 0.05) is 6.04 Å². The molecule has 0 saturated carbocycles. The van der Waals surface area contributed by atoms with Gasteiger partial charge in [0.25, 0.3) is 0 Å². The molecule has 0 bridgehead atoms. The Balaban J connectivity index is 2.29. The lowest BCUT2D eigenvalue weighted by Gasteiger charge is -2.12. The number of hydrogen-bond donors (Lipinski definition) is 2. The molecule has 1 aromatic rings. The molecule has 1 atom stereocenters. The average Bonchev–Trinajstić information content (AvgIpc) is 2.41. The van der Waals surface area contributed by atoms with E-state index < -0.39 is 0 Å². The molecule has 0 spiro atoms. The van der Waals surface area contributed by atoms with Crippen molar-refractivity contribution < 1.29 is 9.90 Å². The molecule has 0 saturated heterocycles. The normalized spacial score (nSPS) is 12.5. The molecule has 1 unspecified atom stereocenters. The first-order chi connectivity index (χ1) is 9.61. The fourth-order valence-corrected chi connectivity index (χ4v) is 2.03. The fraction of sp³-hybridized carbons (Fsp3) is 0.471. The predicted molar refractivity (Wildman–Crippen MR) is 82.7 cm³/mol. The van der Waals surface area contributed by atoms with E-state index in [1.54, 1.807) is 18.2 Å². The number of hydrogen-bond acceptors (Lipinski definition) is 2. The molecule has 3 nitrogen and oxygen atoms in total. The van der Waals surface area contributed by atoms with Gasteiger partial charge in [0.1, 0.15) is 5.75 Å². The Bertz CT molecular complexity index is 423. The van der Waals surface area contributed by atoms with Gasteiger partial charge in [-0.15, -0.1) is 0 Å².